The first-order valence-corrected chi connectivity index (χ1v) is 5.33. The third-order valence-corrected chi connectivity index (χ3v) is 2.38. The Labute approximate surface area is 104 Å². The SMILES string of the molecule is NC(=O)c1ccc(C#Cc2ccccc2F)cc1. The first-order valence-electron chi connectivity index (χ1n) is 5.33. The molecule has 2 nitrogen and oxygen atoms in total. The number of rotatable bonds is 1. The summed E-state index contributed by atoms with van der Waals surface area (Å²) in [6, 6.07) is 12.8. The van der Waals surface area contributed by atoms with Gasteiger partial charge in [0.2, 0.25) is 5.91 Å². The lowest BCUT2D eigenvalue weighted by Crippen LogP contribution is -2.10. The van der Waals surface area contributed by atoms with Crippen molar-refractivity contribution >= 4 is 5.91 Å². The second-order valence-corrected chi connectivity index (χ2v) is 3.67. The van der Waals surface area contributed by atoms with Gasteiger partial charge in [-0.1, -0.05) is 24.0 Å². The Bertz CT molecular complexity index is 636. The number of halogens is 1. The van der Waals surface area contributed by atoms with Crippen molar-refractivity contribution in [1.29, 1.82) is 0 Å². The second kappa shape index (κ2) is 5.15. The van der Waals surface area contributed by atoms with Crippen LogP contribution in [-0.4, -0.2) is 5.91 Å². The normalized spacial score (nSPS) is 9.39. The van der Waals surface area contributed by atoms with Crippen LogP contribution in [0.25, 0.3) is 0 Å². The van der Waals surface area contributed by atoms with E-state index in [1.807, 2.05) is 0 Å². The predicted octanol–water partition coefficient (Wildman–Crippen LogP) is 2.32. The molecule has 0 saturated heterocycles. The first-order chi connectivity index (χ1) is 8.66. The lowest BCUT2D eigenvalue weighted by atomic mass is 10.1. The van der Waals surface area contributed by atoms with Crippen molar-refractivity contribution in [3.63, 3.8) is 0 Å². The third kappa shape index (κ3) is 2.74. The summed E-state index contributed by atoms with van der Waals surface area (Å²) in [5.74, 6) is 4.73. The van der Waals surface area contributed by atoms with Crippen LogP contribution in [-0.2, 0) is 0 Å². The van der Waals surface area contributed by atoms with Crippen LogP contribution in [0, 0.1) is 17.7 Å². The molecule has 0 heterocycles. The Hall–Kier alpha value is -2.60. The van der Waals surface area contributed by atoms with E-state index in [1.165, 1.54) is 6.07 Å². The molecule has 18 heavy (non-hydrogen) atoms. The highest BCUT2D eigenvalue weighted by molar-refractivity contribution is 5.92. The van der Waals surface area contributed by atoms with E-state index in [9.17, 15) is 9.18 Å². The zero-order valence-electron chi connectivity index (χ0n) is 9.48. The highest BCUT2D eigenvalue weighted by atomic mass is 19.1. The molecule has 88 valence electrons. The van der Waals surface area contributed by atoms with Crippen LogP contribution < -0.4 is 5.73 Å². The van der Waals surface area contributed by atoms with Crippen molar-refractivity contribution in [1.82, 2.24) is 0 Å². The topological polar surface area (TPSA) is 43.1 Å². The van der Waals surface area contributed by atoms with Crippen molar-refractivity contribution in [2.24, 2.45) is 5.73 Å². The molecule has 0 aliphatic heterocycles. The van der Waals surface area contributed by atoms with Gasteiger partial charge in [0, 0.05) is 11.1 Å². The molecule has 0 bridgehead atoms. The molecule has 2 rings (SSSR count). The van der Waals surface area contributed by atoms with Gasteiger partial charge in [0.1, 0.15) is 5.82 Å². The average Bonchev–Trinajstić information content (AvgIpc) is 2.38. The number of carbonyl (C=O) groups is 1. The van der Waals surface area contributed by atoms with Gasteiger partial charge in [0.05, 0.1) is 5.56 Å². The Morgan fingerprint density at radius 2 is 1.67 bits per heavy atom. The van der Waals surface area contributed by atoms with E-state index in [0.29, 0.717) is 16.7 Å². The highest BCUT2D eigenvalue weighted by Gasteiger charge is 1.98. The van der Waals surface area contributed by atoms with Crippen LogP contribution in [0.2, 0.25) is 0 Å². The summed E-state index contributed by atoms with van der Waals surface area (Å²) in [7, 11) is 0. The standard InChI is InChI=1S/C15H10FNO/c16-14-4-2-1-3-12(14)8-5-11-6-9-13(10-7-11)15(17)18/h1-4,6-7,9-10H,(H2,17,18). The van der Waals surface area contributed by atoms with Crippen molar-refractivity contribution in [3.05, 3.63) is 71.0 Å². The van der Waals surface area contributed by atoms with Crippen LogP contribution in [0.4, 0.5) is 4.39 Å². The maximum absolute atomic E-state index is 13.3. The molecule has 2 aromatic rings. The zero-order valence-corrected chi connectivity index (χ0v) is 9.48. The van der Waals surface area contributed by atoms with Crippen LogP contribution >= 0.6 is 0 Å². The Kier molecular flexibility index (Phi) is 3.40. The van der Waals surface area contributed by atoms with Gasteiger partial charge >= 0.3 is 0 Å². The minimum atomic E-state index is -0.483. The summed E-state index contributed by atoms with van der Waals surface area (Å²) >= 11 is 0. The average molecular weight is 239 g/mol. The number of hydrogen-bond donors (Lipinski definition) is 1. The lowest BCUT2D eigenvalue weighted by Gasteiger charge is -1.95. The lowest BCUT2D eigenvalue weighted by molar-refractivity contribution is 0.100. The van der Waals surface area contributed by atoms with Crippen molar-refractivity contribution < 1.29 is 9.18 Å². The fourth-order valence-corrected chi connectivity index (χ4v) is 1.42. The molecule has 0 radical (unpaired) electrons. The minimum Gasteiger partial charge on any atom is -0.366 e. The largest absolute Gasteiger partial charge is 0.366 e. The van der Waals surface area contributed by atoms with E-state index in [1.54, 1.807) is 42.5 Å². The molecular weight excluding hydrogens is 229 g/mol. The van der Waals surface area contributed by atoms with Crippen molar-refractivity contribution in [2.45, 2.75) is 0 Å². The van der Waals surface area contributed by atoms with E-state index >= 15 is 0 Å². The predicted molar refractivity (Wildman–Crippen MR) is 67.3 cm³/mol. The summed E-state index contributed by atoms with van der Waals surface area (Å²) in [5.41, 5.74) is 6.59. The van der Waals surface area contributed by atoms with E-state index in [0.717, 1.165) is 0 Å². The Balaban J connectivity index is 2.25. The van der Waals surface area contributed by atoms with E-state index < -0.39 is 5.91 Å². The van der Waals surface area contributed by atoms with Crippen LogP contribution in [0.3, 0.4) is 0 Å². The van der Waals surface area contributed by atoms with Gasteiger partial charge in [-0.05, 0) is 36.4 Å². The van der Waals surface area contributed by atoms with E-state index in [4.69, 9.17) is 5.73 Å². The molecule has 2 aromatic carbocycles. The second-order valence-electron chi connectivity index (χ2n) is 3.67. The van der Waals surface area contributed by atoms with E-state index in [2.05, 4.69) is 11.8 Å². The summed E-state index contributed by atoms with van der Waals surface area (Å²) in [6.45, 7) is 0. The summed E-state index contributed by atoms with van der Waals surface area (Å²) in [4.78, 5) is 10.9. The number of benzene rings is 2. The molecule has 0 aliphatic carbocycles. The Morgan fingerprint density at radius 1 is 1.00 bits per heavy atom. The molecule has 0 fully saturated rings. The third-order valence-electron chi connectivity index (χ3n) is 2.38. The van der Waals surface area contributed by atoms with Gasteiger partial charge in [0.25, 0.3) is 0 Å². The fourth-order valence-electron chi connectivity index (χ4n) is 1.42. The molecule has 0 atom stereocenters. The van der Waals surface area contributed by atoms with Crippen LogP contribution in [0.5, 0.6) is 0 Å². The Morgan fingerprint density at radius 3 is 2.28 bits per heavy atom. The van der Waals surface area contributed by atoms with Gasteiger partial charge in [0.15, 0.2) is 0 Å². The summed E-state index contributed by atoms with van der Waals surface area (Å²) < 4.78 is 13.3. The van der Waals surface area contributed by atoms with Gasteiger partial charge < -0.3 is 5.73 Å². The van der Waals surface area contributed by atoms with Gasteiger partial charge in [-0.3, -0.25) is 4.79 Å². The fraction of sp³-hybridized carbons (Fsp3) is 0. The monoisotopic (exact) mass is 239 g/mol. The molecule has 3 heteroatoms. The minimum absolute atomic E-state index is 0.344. The first kappa shape index (κ1) is 11.9. The van der Waals surface area contributed by atoms with Gasteiger partial charge in [-0.25, -0.2) is 4.39 Å². The number of carbonyl (C=O) groups excluding carboxylic acids is 1. The smallest absolute Gasteiger partial charge is 0.248 e. The van der Waals surface area contributed by atoms with Crippen molar-refractivity contribution in [3.8, 4) is 11.8 Å². The van der Waals surface area contributed by atoms with Crippen molar-refractivity contribution in [2.75, 3.05) is 0 Å². The number of hydrogen-bond acceptors (Lipinski definition) is 1. The van der Waals surface area contributed by atoms with Crippen LogP contribution in [0.15, 0.2) is 48.5 Å². The highest BCUT2D eigenvalue weighted by Crippen LogP contribution is 2.06. The van der Waals surface area contributed by atoms with Gasteiger partial charge in [-0.15, -0.1) is 0 Å². The molecule has 0 saturated carbocycles. The number of nitrogens with two attached hydrogens (primary N) is 1. The summed E-state index contributed by atoms with van der Waals surface area (Å²) in [6.07, 6.45) is 0. The van der Waals surface area contributed by atoms with Crippen LogP contribution in [0.1, 0.15) is 21.5 Å². The number of amides is 1. The van der Waals surface area contributed by atoms with E-state index in [-0.39, 0.29) is 5.82 Å². The summed E-state index contributed by atoms with van der Waals surface area (Å²) in [5, 5.41) is 0. The maximum Gasteiger partial charge on any atom is 0.248 e. The molecule has 1 amide bonds. The molecule has 0 spiro atoms. The zero-order chi connectivity index (χ0) is 13.0. The van der Waals surface area contributed by atoms with Gasteiger partial charge in [-0.2, -0.15) is 0 Å². The molecular formula is C15H10FNO. The maximum atomic E-state index is 13.3. The molecule has 0 aliphatic rings. The quantitative estimate of drug-likeness (QED) is 0.762. The molecule has 0 aromatic heterocycles. The number of primary amides is 1. The molecule has 2 N–H and O–H groups in total. The molecule has 0 unspecified atom stereocenters.